The summed E-state index contributed by atoms with van der Waals surface area (Å²) in [6, 6.07) is 0. The van der Waals surface area contributed by atoms with Crippen LogP contribution in [-0.2, 0) is 41.9 Å². The van der Waals surface area contributed by atoms with Gasteiger partial charge in [-0.25, -0.2) is 4.68 Å². The fourth-order valence-electron chi connectivity index (χ4n) is 2.98. The number of carbonyl (C=O) groups excluding carboxylic acids is 2. The number of hydrogen-bond donors (Lipinski definition) is 1. The topological polar surface area (TPSA) is 176 Å². The van der Waals surface area contributed by atoms with Gasteiger partial charge in [-0.05, 0) is 45.7 Å². The Morgan fingerprint density at radius 1 is 0.711 bits per heavy atom. The maximum absolute atomic E-state index is 10.9. The summed E-state index contributed by atoms with van der Waals surface area (Å²) in [5.74, 6) is 2.34. The van der Waals surface area contributed by atoms with Gasteiger partial charge in [0.2, 0.25) is 0 Å². The third kappa shape index (κ3) is 15.6. The van der Waals surface area contributed by atoms with Crippen molar-refractivity contribution in [2.75, 3.05) is 0 Å². The van der Waals surface area contributed by atoms with Crippen molar-refractivity contribution in [1.29, 1.82) is 0 Å². The summed E-state index contributed by atoms with van der Waals surface area (Å²) in [5, 5.41) is 36.6. The van der Waals surface area contributed by atoms with E-state index in [-0.39, 0.29) is 40.9 Å². The number of aromatic nitrogens is 12. The molecule has 0 saturated heterocycles. The van der Waals surface area contributed by atoms with Crippen LogP contribution in [0.1, 0.15) is 93.6 Å². The predicted octanol–water partition coefficient (Wildman–Crippen LogP) is 2.49. The normalized spacial score (nSPS) is 11.8. The Kier molecular flexibility index (Phi) is 11.9. The van der Waals surface area contributed by atoms with Gasteiger partial charge < -0.3 is 0 Å². The van der Waals surface area contributed by atoms with E-state index in [4.69, 9.17) is 0 Å². The molecule has 0 bridgehead atoms. The van der Waals surface area contributed by atoms with Crippen LogP contribution in [0.2, 0.25) is 0 Å². The molecule has 0 aromatic carbocycles. The van der Waals surface area contributed by atoms with Gasteiger partial charge in [0.25, 0.3) is 0 Å². The molecule has 0 saturated carbocycles. The van der Waals surface area contributed by atoms with Crippen molar-refractivity contribution in [3.63, 3.8) is 0 Å². The number of carbonyl (C=O) groups is 2. The van der Waals surface area contributed by atoms with Gasteiger partial charge in [-0.3, -0.25) is 9.59 Å². The predicted molar refractivity (Wildman–Crippen MR) is 141 cm³/mol. The molecule has 0 spiro atoms. The average Bonchev–Trinajstić information content (AvgIpc) is 3.43. The smallest absolute Gasteiger partial charge is 0.175 e. The quantitative estimate of drug-likeness (QED) is 0.473. The van der Waals surface area contributed by atoms with Gasteiger partial charge in [0.05, 0.1) is 0 Å². The van der Waals surface area contributed by atoms with E-state index in [1.54, 1.807) is 4.68 Å². The van der Waals surface area contributed by atoms with Gasteiger partial charge in [0.1, 0.15) is 13.1 Å². The number of hydrogen-bond acceptors (Lipinski definition) is 11. The van der Waals surface area contributed by atoms with Crippen LogP contribution in [0, 0.1) is 16.2 Å². The van der Waals surface area contributed by atoms with Gasteiger partial charge in [0, 0.05) is 19.3 Å². The zero-order valence-electron chi connectivity index (χ0n) is 24.8. The van der Waals surface area contributed by atoms with E-state index >= 15 is 0 Å². The highest BCUT2D eigenvalue weighted by atomic mass is 16.1. The van der Waals surface area contributed by atoms with Crippen molar-refractivity contribution < 1.29 is 9.59 Å². The Hall–Kier alpha value is -3.45. The number of H-pyrrole nitrogens is 1. The first kappa shape index (κ1) is 32.6. The molecule has 0 aliphatic carbocycles. The number of tetrazole rings is 3. The molecule has 0 fully saturated rings. The van der Waals surface area contributed by atoms with Crippen LogP contribution in [0.15, 0.2) is 0 Å². The van der Waals surface area contributed by atoms with Gasteiger partial charge in [-0.2, -0.15) is 10.0 Å². The van der Waals surface area contributed by atoms with Crippen molar-refractivity contribution in [3.8, 4) is 0 Å². The fourth-order valence-corrected chi connectivity index (χ4v) is 2.98. The Balaban J connectivity index is 0.000000290. The molecule has 3 aromatic rings. The number of rotatable bonds is 7. The standard InChI is InChI=1S/2C9H16N4O.C6H12N4/c1-7(14)6-13-8(10-11-12-13)5-9(2,3)4;1-7(14)6-13-11-8(10-12-13)5-9(2,3)4;1-6(2,3)4-5-7-9-10-8-5/h2*5-6H2,1-4H3;4H2,1-3H3,(H,7,8,9,10). The summed E-state index contributed by atoms with van der Waals surface area (Å²) in [7, 11) is 0. The molecule has 1 N–H and O–H groups in total. The Morgan fingerprint density at radius 2 is 1.26 bits per heavy atom. The molecule has 0 aliphatic heterocycles. The SMILES string of the molecule is CC(=O)Cn1nnc(CC(C)(C)C)n1.CC(=O)Cn1nnnc1CC(C)(C)C.CC(C)(C)Cc1nn[nH]n1. The lowest BCUT2D eigenvalue weighted by atomic mass is 9.92. The molecule has 0 amide bonds. The first-order chi connectivity index (χ1) is 17.3. The van der Waals surface area contributed by atoms with E-state index in [0.717, 1.165) is 30.9 Å². The number of aromatic amines is 1. The number of nitrogens with zero attached hydrogens (tertiary/aromatic N) is 11. The average molecular weight is 533 g/mol. The number of nitrogens with one attached hydrogen (secondary N) is 1. The summed E-state index contributed by atoms with van der Waals surface area (Å²) in [5.41, 5.74) is 0.511. The van der Waals surface area contributed by atoms with Gasteiger partial charge in [-0.15, -0.1) is 25.5 Å². The van der Waals surface area contributed by atoms with Crippen molar-refractivity contribution >= 4 is 11.6 Å². The molecule has 0 radical (unpaired) electrons. The second-order valence-corrected chi connectivity index (χ2v) is 12.9. The van der Waals surface area contributed by atoms with Crippen molar-refractivity contribution in [2.24, 2.45) is 16.2 Å². The third-order valence-electron chi connectivity index (χ3n) is 4.29. The van der Waals surface area contributed by atoms with Crippen molar-refractivity contribution in [1.82, 2.24) is 61.0 Å². The van der Waals surface area contributed by atoms with E-state index in [1.807, 2.05) is 0 Å². The first-order valence-corrected chi connectivity index (χ1v) is 12.6. The van der Waals surface area contributed by atoms with E-state index in [1.165, 1.54) is 18.6 Å². The molecule has 3 heterocycles. The number of ketones is 2. The van der Waals surface area contributed by atoms with Crippen LogP contribution >= 0.6 is 0 Å². The highest BCUT2D eigenvalue weighted by Crippen LogP contribution is 2.19. The molecule has 212 valence electrons. The third-order valence-corrected chi connectivity index (χ3v) is 4.29. The molecule has 3 rings (SSSR count). The lowest BCUT2D eigenvalue weighted by molar-refractivity contribution is -0.118. The zero-order valence-corrected chi connectivity index (χ0v) is 24.8. The lowest BCUT2D eigenvalue weighted by Gasteiger charge is -2.16. The van der Waals surface area contributed by atoms with Crippen molar-refractivity contribution in [3.05, 3.63) is 17.5 Å². The molecule has 14 heteroatoms. The van der Waals surface area contributed by atoms with Gasteiger partial charge in [0.15, 0.2) is 29.0 Å². The molecule has 0 aliphatic rings. The molecule has 38 heavy (non-hydrogen) atoms. The maximum atomic E-state index is 10.9. The highest BCUT2D eigenvalue weighted by molar-refractivity contribution is 5.75. The van der Waals surface area contributed by atoms with Crippen molar-refractivity contribution in [2.45, 2.75) is 109 Å². The molecular weight excluding hydrogens is 488 g/mol. The Labute approximate surface area is 224 Å². The van der Waals surface area contributed by atoms with Crippen LogP contribution in [0.4, 0.5) is 0 Å². The summed E-state index contributed by atoms with van der Waals surface area (Å²) in [6.45, 7) is 22.6. The molecule has 0 atom stereocenters. The molecule has 0 unspecified atom stereocenters. The largest absolute Gasteiger partial charge is 0.298 e. The minimum absolute atomic E-state index is 0.0321. The molecular formula is C24H44N12O2. The second kappa shape index (κ2) is 13.9. The summed E-state index contributed by atoms with van der Waals surface area (Å²) < 4.78 is 1.56. The Morgan fingerprint density at radius 3 is 1.74 bits per heavy atom. The van der Waals surface area contributed by atoms with Crippen LogP contribution in [-0.4, -0.2) is 72.6 Å². The monoisotopic (exact) mass is 532 g/mol. The van der Waals surface area contributed by atoms with E-state index in [2.05, 4.69) is 114 Å². The second-order valence-electron chi connectivity index (χ2n) is 12.9. The summed E-state index contributed by atoms with van der Waals surface area (Å²) in [6.07, 6.45) is 2.40. The Bertz CT molecular complexity index is 1110. The zero-order chi connectivity index (χ0) is 29.1. The van der Waals surface area contributed by atoms with E-state index in [0.29, 0.717) is 5.82 Å². The van der Waals surface area contributed by atoms with Crippen LogP contribution in [0.3, 0.4) is 0 Å². The fraction of sp³-hybridized carbons (Fsp3) is 0.792. The van der Waals surface area contributed by atoms with E-state index in [9.17, 15) is 9.59 Å². The van der Waals surface area contributed by atoms with Crippen LogP contribution < -0.4 is 0 Å². The summed E-state index contributed by atoms with van der Waals surface area (Å²) in [4.78, 5) is 23.0. The van der Waals surface area contributed by atoms with Crippen LogP contribution in [0.25, 0.3) is 0 Å². The summed E-state index contributed by atoms with van der Waals surface area (Å²) >= 11 is 0. The van der Waals surface area contributed by atoms with Gasteiger partial charge >= 0.3 is 0 Å². The first-order valence-electron chi connectivity index (χ1n) is 12.6. The number of Topliss-reactive ketones (excluding diaryl/α,β-unsaturated/α-hetero) is 2. The maximum Gasteiger partial charge on any atom is 0.175 e. The van der Waals surface area contributed by atoms with E-state index < -0.39 is 0 Å². The highest BCUT2D eigenvalue weighted by Gasteiger charge is 2.17. The molecule has 3 aromatic heterocycles. The molecule has 14 nitrogen and oxygen atoms in total. The lowest BCUT2D eigenvalue weighted by Crippen LogP contribution is -2.17. The van der Waals surface area contributed by atoms with Crippen LogP contribution in [0.5, 0.6) is 0 Å². The van der Waals surface area contributed by atoms with Gasteiger partial charge in [-0.1, -0.05) is 67.5 Å². The minimum Gasteiger partial charge on any atom is -0.298 e. The minimum atomic E-state index is 0.0321.